The maximum absolute atomic E-state index is 13.6. The van der Waals surface area contributed by atoms with Crippen molar-refractivity contribution >= 4 is 10.0 Å². The molecule has 1 fully saturated rings. The molecule has 6 heteroatoms. The van der Waals surface area contributed by atoms with Gasteiger partial charge in [0, 0.05) is 6.04 Å². The van der Waals surface area contributed by atoms with Crippen LogP contribution in [-0.2, 0) is 10.0 Å². The summed E-state index contributed by atoms with van der Waals surface area (Å²) in [5, 5.41) is 3.23. The van der Waals surface area contributed by atoms with Crippen LogP contribution in [0.5, 0.6) is 0 Å². The van der Waals surface area contributed by atoms with Crippen LogP contribution in [0.4, 0.5) is 4.39 Å². The summed E-state index contributed by atoms with van der Waals surface area (Å²) >= 11 is 0. The normalized spacial score (nSPS) is 23.8. The molecule has 2 atom stereocenters. The van der Waals surface area contributed by atoms with Crippen LogP contribution >= 0.6 is 0 Å². The number of aryl methyl sites for hydroxylation is 2. The van der Waals surface area contributed by atoms with Crippen molar-refractivity contribution in [2.75, 3.05) is 13.1 Å². The monoisotopic (exact) mass is 300 g/mol. The highest BCUT2D eigenvalue weighted by Gasteiger charge is 2.27. The molecule has 1 saturated heterocycles. The number of rotatable bonds is 3. The predicted octanol–water partition coefficient (Wildman–Crippen LogP) is 1.72. The first-order valence-electron chi connectivity index (χ1n) is 6.81. The van der Waals surface area contributed by atoms with Gasteiger partial charge in [-0.05, 0) is 62.5 Å². The molecule has 0 saturated carbocycles. The Morgan fingerprint density at radius 1 is 1.30 bits per heavy atom. The van der Waals surface area contributed by atoms with E-state index >= 15 is 0 Å². The highest BCUT2D eigenvalue weighted by Crippen LogP contribution is 2.20. The summed E-state index contributed by atoms with van der Waals surface area (Å²) in [6.07, 6.45) is 0.763. The summed E-state index contributed by atoms with van der Waals surface area (Å²) in [7, 11) is -3.60. The maximum Gasteiger partial charge on any atom is 0.240 e. The summed E-state index contributed by atoms with van der Waals surface area (Å²) in [6, 6.07) is 2.69. The second-order valence-electron chi connectivity index (χ2n) is 5.57. The molecule has 0 aromatic heterocycles. The lowest BCUT2D eigenvalue weighted by molar-refractivity contribution is 0.328. The summed E-state index contributed by atoms with van der Waals surface area (Å²) < 4.78 is 41.2. The Morgan fingerprint density at radius 3 is 2.45 bits per heavy atom. The summed E-state index contributed by atoms with van der Waals surface area (Å²) in [6.45, 7) is 6.77. The van der Waals surface area contributed by atoms with Crippen LogP contribution < -0.4 is 10.0 Å². The third-order valence-corrected chi connectivity index (χ3v) is 5.28. The molecule has 20 heavy (non-hydrogen) atoms. The number of piperidine rings is 1. The first-order chi connectivity index (χ1) is 9.31. The third-order valence-electron chi connectivity index (χ3n) is 3.81. The number of sulfonamides is 1. The maximum atomic E-state index is 13.6. The van der Waals surface area contributed by atoms with Crippen LogP contribution in [-0.4, -0.2) is 27.5 Å². The molecular formula is C14H21FN2O2S. The van der Waals surface area contributed by atoms with Crippen LogP contribution in [0.2, 0.25) is 0 Å². The zero-order chi connectivity index (χ0) is 14.9. The SMILES string of the molecule is Cc1cc(S(=O)(=O)NC2CCNCC2C)cc(C)c1F. The van der Waals surface area contributed by atoms with E-state index in [0.29, 0.717) is 11.1 Å². The van der Waals surface area contributed by atoms with Crippen molar-refractivity contribution in [1.82, 2.24) is 10.0 Å². The number of hydrogen-bond donors (Lipinski definition) is 2. The molecule has 0 spiro atoms. The van der Waals surface area contributed by atoms with Gasteiger partial charge in [0.05, 0.1) is 4.90 Å². The van der Waals surface area contributed by atoms with Gasteiger partial charge in [-0.25, -0.2) is 17.5 Å². The summed E-state index contributed by atoms with van der Waals surface area (Å²) in [5.74, 6) is -0.111. The van der Waals surface area contributed by atoms with Crippen LogP contribution in [0.3, 0.4) is 0 Å². The highest BCUT2D eigenvalue weighted by molar-refractivity contribution is 7.89. The molecule has 0 radical (unpaired) electrons. The van der Waals surface area contributed by atoms with E-state index in [9.17, 15) is 12.8 Å². The van der Waals surface area contributed by atoms with Gasteiger partial charge in [0.25, 0.3) is 0 Å². The average molecular weight is 300 g/mol. The Balaban J connectivity index is 2.26. The van der Waals surface area contributed by atoms with Crippen molar-refractivity contribution in [1.29, 1.82) is 0 Å². The minimum Gasteiger partial charge on any atom is -0.316 e. The fourth-order valence-corrected chi connectivity index (χ4v) is 4.07. The fraction of sp³-hybridized carbons (Fsp3) is 0.571. The minimum absolute atomic E-state index is 0.0769. The molecule has 0 aliphatic carbocycles. The predicted molar refractivity (Wildman–Crippen MR) is 76.6 cm³/mol. The summed E-state index contributed by atoms with van der Waals surface area (Å²) in [5.41, 5.74) is 0.701. The summed E-state index contributed by atoms with van der Waals surface area (Å²) in [4.78, 5) is 0.139. The van der Waals surface area contributed by atoms with E-state index in [-0.39, 0.29) is 22.7 Å². The molecule has 4 nitrogen and oxygen atoms in total. The van der Waals surface area contributed by atoms with Gasteiger partial charge in [-0.3, -0.25) is 0 Å². The molecule has 2 rings (SSSR count). The molecule has 1 aliphatic rings. The van der Waals surface area contributed by atoms with Crippen LogP contribution in [0.1, 0.15) is 24.5 Å². The molecule has 0 amide bonds. The molecule has 1 aliphatic heterocycles. The standard InChI is InChI=1S/C14H21FN2O2S/c1-9-6-12(7-10(2)14(9)15)20(18,19)17-13-4-5-16-8-11(13)3/h6-7,11,13,16-17H,4-5,8H2,1-3H3. The Labute approximate surface area is 119 Å². The molecule has 1 aromatic rings. The lowest BCUT2D eigenvalue weighted by Gasteiger charge is -2.30. The van der Waals surface area contributed by atoms with Gasteiger partial charge in [-0.1, -0.05) is 6.92 Å². The number of nitrogens with one attached hydrogen (secondary N) is 2. The molecule has 2 unspecified atom stereocenters. The molecule has 1 heterocycles. The Kier molecular flexibility index (Phi) is 4.46. The van der Waals surface area contributed by atoms with E-state index in [0.717, 1.165) is 19.5 Å². The van der Waals surface area contributed by atoms with Gasteiger partial charge < -0.3 is 5.32 Å². The van der Waals surface area contributed by atoms with Crippen LogP contribution in [0.15, 0.2) is 17.0 Å². The molecule has 0 bridgehead atoms. The van der Waals surface area contributed by atoms with E-state index < -0.39 is 10.0 Å². The third kappa shape index (κ3) is 3.19. The van der Waals surface area contributed by atoms with Crippen LogP contribution in [0, 0.1) is 25.6 Å². The van der Waals surface area contributed by atoms with Gasteiger partial charge in [-0.15, -0.1) is 0 Å². The minimum atomic E-state index is -3.60. The van der Waals surface area contributed by atoms with Gasteiger partial charge in [0.2, 0.25) is 10.0 Å². The molecule has 1 aromatic carbocycles. The van der Waals surface area contributed by atoms with Crippen molar-refractivity contribution in [2.45, 2.75) is 38.1 Å². The Hall–Kier alpha value is -0.980. The van der Waals surface area contributed by atoms with E-state index in [2.05, 4.69) is 10.0 Å². The highest BCUT2D eigenvalue weighted by atomic mass is 32.2. The van der Waals surface area contributed by atoms with Crippen molar-refractivity contribution in [3.05, 3.63) is 29.1 Å². The molecule has 112 valence electrons. The van der Waals surface area contributed by atoms with Gasteiger partial charge in [0.15, 0.2) is 0 Å². The van der Waals surface area contributed by atoms with Crippen molar-refractivity contribution in [3.8, 4) is 0 Å². The smallest absolute Gasteiger partial charge is 0.240 e. The van der Waals surface area contributed by atoms with E-state index in [1.807, 2.05) is 6.92 Å². The average Bonchev–Trinajstić information content (AvgIpc) is 2.38. The first-order valence-corrected chi connectivity index (χ1v) is 8.29. The number of hydrogen-bond acceptors (Lipinski definition) is 3. The second-order valence-corrected chi connectivity index (χ2v) is 7.28. The van der Waals surface area contributed by atoms with E-state index in [1.165, 1.54) is 12.1 Å². The quantitative estimate of drug-likeness (QED) is 0.893. The lowest BCUT2D eigenvalue weighted by atomic mass is 9.97. The first kappa shape index (κ1) is 15.4. The largest absolute Gasteiger partial charge is 0.316 e. The second kappa shape index (κ2) is 5.79. The van der Waals surface area contributed by atoms with Gasteiger partial charge in [0.1, 0.15) is 5.82 Å². The van der Waals surface area contributed by atoms with Crippen molar-refractivity contribution < 1.29 is 12.8 Å². The Bertz CT molecular complexity index is 578. The van der Waals surface area contributed by atoms with Crippen molar-refractivity contribution in [2.24, 2.45) is 5.92 Å². The number of benzene rings is 1. The van der Waals surface area contributed by atoms with E-state index in [1.54, 1.807) is 13.8 Å². The zero-order valence-electron chi connectivity index (χ0n) is 12.0. The van der Waals surface area contributed by atoms with E-state index in [4.69, 9.17) is 0 Å². The topological polar surface area (TPSA) is 58.2 Å². The molecular weight excluding hydrogens is 279 g/mol. The van der Waals surface area contributed by atoms with Gasteiger partial charge in [-0.2, -0.15) is 0 Å². The zero-order valence-corrected chi connectivity index (χ0v) is 12.8. The Morgan fingerprint density at radius 2 is 1.90 bits per heavy atom. The van der Waals surface area contributed by atoms with Crippen LogP contribution in [0.25, 0.3) is 0 Å². The van der Waals surface area contributed by atoms with Gasteiger partial charge >= 0.3 is 0 Å². The fourth-order valence-electron chi connectivity index (χ4n) is 2.52. The molecule has 2 N–H and O–H groups in total. The van der Waals surface area contributed by atoms with Crippen molar-refractivity contribution in [3.63, 3.8) is 0 Å². The lowest BCUT2D eigenvalue weighted by Crippen LogP contribution is -2.48. The number of halogens is 1.